The summed E-state index contributed by atoms with van der Waals surface area (Å²) in [7, 11) is 0. The average molecular weight is 336 g/mol. The maximum absolute atomic E-state index is 13.0. The van der Waals surface area contributed by atoms with E-state index >= 15 is 0 Å². The van der Waals surface area contributed by atoms with Gasteiger partial charge >= 0.3 is 6.18 Å². The maximum Gasteiger partial charge on any atom is 0.418 e. The molecule has 0 saturated carbocycles. The molecule has 1 heterocycles. The summed E-state index contributed by atoms with van der Waals surface area (Å²) in [6.07, 6.45) is -4.57. The van der Waals surface area contributed by atoms with Crippen molar-refractivity contribution >= 4 is 23.2 Å². The van der Waals surface area contributed by atoms with Gasteiger partial charge in [0.2, 0.25) is 5.91 Å². The molecule has 2 N–H and O–H groups in total. The van der Waals surface area contributed by atoms with Gasteiger partial charge < -0.3 is 10.6 Å². The molecular weight excluding hydrogens is 319 g/mol. The fourth-order valence-corrected chi connectivity index (χ4v) is 2.59. The molecule has 0 unspecified atom stereocenters. The predicted octanol–water partition coefficient (Wildman–Crippen LogP) is 2.59. The van der Waals surface area contributed by atoms with Crippen LogP contribution in [-0.2, 0) is 11.0 Å². The molecule has 1 atom stereocenters. The van der Waals surface area contributed by atoms with E-state index < -0.39 is 17.6 Å². The molecule has 1 aromatic carbocycles. The Labute approximate surface area is 131 Å². The van der Waals surface area contributed by atoms with Gasteiger partial charge in [0.15, 0.2) is 0 Å². The normalized spacial score (nSPS) is 20.0. The van der Waals surface area contributed by atoms with E-state index in [4.69, 9.17) is 11.6 Å². The molecule has 8 heteroatoms. The molecule has 0 aromatic heterocycles. The van der Waals surface area contributed by atoms with Gasteiger partial charge in [-0.1, -0.05) is 17.7 Å². The zero-order chi connectivity index (χ0) is 16.3. The highest BCUT2D eigenvalue weighted by atomic mass is 35.5. The molecule has 0 bridgehead atoms. The van der Waals surface area contributed by atoms with Gasteiger partial charge in [0.25, 0.3) is 0 Å². The Bertz CT molecular complexity index is 551. The third-order valence-corrected chi connectivity index (χ3v) is 3.88. The number of alkyl halides is 3. The van der Waals surface area contributed by atoms with Gasteiger partial charge in [-0.3, -0.25) is 9.69 Å². The Hall–Kier alpha value is -1.31. The van der Waals surface area contributed by atoms with Gasteiger partial charge in [0, 0.05) is 25.7 Å². The van der Waals surface area contributed by atoms with Crippen LogP contribution in [0.4, 0.5) is 18.9 Å². The number of hydrogen-bond acceptors (Lipinski definition) is 3. The van der Waals surface area contributed by atoms with Gasteiger partial charge in [-0.15, -0.1) is 0 Å². The maximum atomic E-state index is 13.0. The first-order valence-electron chi connectivity index (χ1n) is 6.89. The molecule has 1 saturated heterocycles. The van der Waals surface area contributed by atoms with Crippen LogP contribution in [0.3, 0.4) is 0 Å². The first-order valence-corrected chi connectivity index (χ1v) is 7.27. The summed E-state index contributed by atoms with van der Waals surface area (Å²) in [6, 6.07) is 3.57. The van der Waals surface area contributed by atoms with Gasteiger partial charge in [0.1, 0.15) is 0 Å². The van der Waals surface area contributed by atoms with E-state index in [1.165, 1.54) is 12.1 Å². The smallest absolute Gasteiger partial charge is 0.323 e. The molecule has 0 radical (unpaired) electrons. The van der Waals surface area contributed by atoms with Crippen LogP contribution in [0, 0.1) is 0 Å². The fourth-order valence-electron chi connectivity index (χ4n) is 2.37. The number of nitrogens with one attached hydrogen (secondary N) is 2. The van der Waals surface area contributed by atoms with E-state index in [2.05, 4.69) is 10.6 Å². The number of anilines is 1. The molecular formula is C14H17ClF3N3O. The lowest BCUT2D eigenvalue weighted by Gasteiger charge is -2.33. The summed E-state index contributed by atoms with van der Waals surface area (Å²) < 4.78 is 38.9. The zero-order valence-corrected chi connectivity index (χ0v) is 12.8. The number of amides is 1. The summed E-state index contributed by atoms with van der Waals surface area (Å²) >= 11 is 5.81. The number of carbonyl (C=O) groups is 1. The third-order valence-electron chi connectivity index (χ3n) is 3.57. The monoisotopic (exact) mass is 335 g/mol. The topological polar surface area (TPSA) is 44.4 Å². The van der Waals surface area contributed by atoms with Crippen LogP contribution in [-0.4, -0.2) is 43.0 Å². The van der Waals surface area contributed by atoms with Crippen molar-refractivity contribution in [2.75, 3.05) is 31.5 Å². The van der Waals surface area contributed by atoms with Crippen molar-refractivity contribution in [2.45, 2.75) is 19.1 Å². The molecule has 1 fully saturated rings. The summed E-state index contributed by atoms with van der Waals surface area (Å²) in [6.45, 7) is 4.15. The molecule has 22 heavy (non-hydrogen) atoms. The second-order valence-electron chi connectivity index (χ2n) is 5.23. The third kappa shape index (κ3) is 4.12. The van der Waals surface area contributed by atoms with Crippen LogP contribution in [0.15, 0.2) is 18.2 Å². The molecule has 1 amide bonds. The van der Waals surface area contributed by atoms with Crippen molar-refractivity contribution in [3.63, 3.8) is 0 Å². The second kappa shape index (κ2) is 6.85. The summed E-state index contributed by atoms with van der Waals surface area (Å²) in [5.41, 5.74) is -1.33. The number of nitrogens with zero attached hydrogens (tertiary/aromatic N) is 1. The quantitative estimate of drug-likeness (QED) is 0.892. The lowest BCUT2D eigenvalue weighted by molar-refractivity contribution is -0.137. The first-order chi connectivity index (χ1) is 10.3. The molecule has 4 nitrogen and oxygen atoms in total. The van der Waals surface area contributed by atoms with Crippen molar-refractivity contribution < 1.29 is 18.0 Å². The van der Waals surface area contributed by atoms with E-state index in [1.807, 2.05) is 11.8 Å². The van der Waals surface area contributed by atoms with Gasteiger partial charge in [0.05, 0.1) is 22.8 Å². The van der Waals surface area contributed by atoms with E-state index in [9.17, 15) is 18.0 Å². The lowest BCUT2D eigenvalue weighted by Crippen LogP contribution is -2.52. The van der Waals surface area contributed by atoms with Crippen LogP contribution in [0.2, 0.25) is 5.02 Å². The minimum Gasteiger partial charge on any atom is -0.323 e. The summed E-state index contributed by atoms with van der Waals surface area (Å²) in [5, 5.41) is 5.35. The number of rotatable bonds is 3. The standard InChI is InChI=1S/C14H17ClF3N3O/c1-9-7-19-5-6-21(9)8-12(22)20-13-10(14(16,17)18)3-2-4-11(13)15/h2-4,9,19H,5-8H2,1H3,(H,20,22)/t9-/m0/s1. The Morgan fingerprint density at radius 3 is 2.86 bits per heavy atom. The first kappa shape index (κ1) is 17.1. The number of para-hydroxylation sites is 1. The van der Waals surface area contributed by atoms with Crippen LogP contribution in [0.5, 0.6) is 0 Å². The van der Waals surface area contributed by atoms with Crippen molar-refractivity contribution in [3.05, 3.63) is 28.8 Å². The van der Waals surface area contributed by atoms with E-state index in [-0.39, 0.29) is 23.3 Å². The van der Waals surface area contributed by atoms with E-state index in [0.29, 0.717) is 6.54 Å². The Balaban J connectivity index is 2.11. The molecule has 1 aromatic rings. The minimum atomic E-state index is -4.57. The van der Waals surface area contributed by atoms with Gasteiger partial charge in [-0.2, -0.15) is 13.2 Å². The summed E-state index contributed by atoms with van der Waals surface area (Å²) in [4.78, 5) is 14.0. The van der Waals surface area contributed by atoms with E-state index in [0.717, 1.165) is 19.2 Å². The zero-order valence-electron chi connectivity index (χ0n) is 12.0. The minimum absolute atomic E-state index is 0.0331. The lowest BCUT2D eigenvalue weighted by atomic mass is 10.1. The average Bonchev–Trinajstić information content (AvgIpc) is 2.42. The largest absolute Gasteiger partial charge is 0.418 e. The molecule has 122 valence electrons. The van der Waals surface area contributed by atoms with Crippen LogP contribution < -0.4 is 10.6 Å². The van der Waals surface area contributed by atoms with Crippen molar-refractivity contribution in [3.8, 4) is 0 Å². The SMILES string of the molecule is C[C@H]1CNCCN1CC(=O)Nc1c(Cl)cccc1C(F)(F)F. The molecule has 0 spiro atoms. The van der Waals surface area contributed by atoms with Crippen molar-refractivity contribution in [1.29, 1.82) is 0 Å². The molecule has 1 aliphatic rings. The highest BCUT2D eigenvalue weighted by Crippen LogP contribution is 2.38. The van der Waals surface area contributed by atoms with Crippen LogP contribution in [0.1, 0.15) is 12.5 Å². The second-order valence-corrected chi connectivity index (χ2v) is 5.64. The van der Waals surface area contributed by atoms with Crippen molar-refractivity contribution in [1.82, 2.24) is 10.2 Å². The number of piperazine rings is 1. The van der Waals surface area contributed by atoms with Crippen molar-refractivity contribution in [2.24, 2.45) is 0 Å². The number of hydrogen-bond donors (Lipinski definition) is 2. The van der Waals surface area contributed by atoms with Gasteiger partial charge in [-0.25, -0.2) is 0 Å². The Morgan fingerprint density at radius 2 is 2.23 bits per heavy atom. The number of halogens is 4. The van der Waals surface area contributed by atoms with Gasteiger partial charge in [-0.05, 0) is 19.1 Å². The molecule has 1 aliphatic heterocycles. The number of carbonyl (C=O) groups excluding carboxylic acids is 1. The number of benzene rings is 1. The summed E-state index contributed by atoms with van der Waals surface area (Å²) in [5.74, 6) is -0.507. The fraction of sp³-hybridized carbons (Fsp3) is 0.500. The van der Waals surface area contributed by atoms with E-state index in [1.54, 1.807) is 0 Å². The molecule has 2 rings (SSSR count). The highest BCUT2D eigenvalue weighted by molar-refractivity contribution is 6.34. The Kier molecular flexibility index (Phi) is 5.31. The highest BCUT2D eigenvalue weighted by Gasteiger charge is 2.35. The predicted molar refractivity (Wildman–Crippen MR) is 79.0 cm³/mol. The van der Waals surface area contributed by atoms with Crippen LogP contribution >= 0.6 is 11.6 Å². The Morgan fingerprint density at radius 1 is 1.50 bits per heavy atom. The van der Waals surface area contributed by atoms with Crippen LogP contribution in [0.25, 0.3) is 0 Å². The molecule has 0 aliphatic carbocycles.